The minimum absolute atomic E-state index is 0.157. The molecule has 2 aromatic rings. The molecule has 6 nitrogen and oxygen atoms in total. The Morgan fingerprint density at radius 2 is 1.76 bits per heavy atom. The van der Waals surface area contributed by atoms with E-state index in [1.54, 1.807) is 18.2 Å². The molecule has 0 unspecified atom stereocenters. The van der Waals surface area contributed by atoms with Gasteiger partial charge in [0.25, 0.3) is 5.91 Å². The van der Waals surface area contributed by atoms with E-state index in [4.69, 9.17) is 0 Å². The second kappa shape index (κ2) is 8.55. The summed E-state index contributed by atoms with van der Waals surface area (Å²) in [7, 11) is -1.17. The van der Waals surface area contributed by atoms with Crippen LogP contribution in [0.2, 0.25) is 0 Å². The first-order chi connectivity index (χ1) is 13.6. The number of nitrogens with one attached hydrogen (secondary N) is 1. The number of hydrogen-bond donors (Lipinski definition) is 1. The molecule has 7 heteroatoms. The van der Waals surface area contributed by atoms with Gasteiger partial charge < -0.3 is 15.1 Å². The van der Waals surface area contributed by atoms with Crippen LogP contribution in [0.1, 0.15) is 34.5 Å². The molecule has 0 aromatic heterocycles. The van der Waals surface area contributed by atoms with Crippen molar-refractivity contribution in [3.63, 3.8) is 0 Å². The molecule has 1 N–H and O–H groups in total. The van der Waals surface area contributed by atoms with Crippen molar-refractivity contribution < 1.29 is 13.2 Å². The van der Waals surface area contributed by atoms with Crippen molar-refractivity contribution in [2.45, 2.75) is 24.8 Å². The number of sulfone groups is 1. The van der Waals surface area contributed by atoms with Crippen molar-refractivity contribution in [2.75, 3.05) is 44.4 Å². The molecule has 0 bridgehead atoms. The highest BCUT2D eigenvalue weighted by molar-refractivity contribution is 7.90. The van der Waals surface area contributed by atoms with E-state index in [-0.39, 0.29) is 16.8 Å². The fourth-order valence-corrected chi connectivity index (χ4v) is 4.16. The summed E-state index contributed by atoms with van der Waals surface area (Å²) in [5.74, 6) is -0.157. The Morgan fingerprint density at radius 3 is 2.41 bits per heavy atom. The molecule has 1 saturated heterocycles. The Hall–Kier alpha value is -2.38. The lowest BCUT2D eigenvalue weighted by atomic mass is 10.0. The molecular formula is C22H29N3O3S. The summed E-state index contributed by atoms with van der Waals surface area (Å²) in [5.41, 5.74) is 3.37. The van der Waals surface area contributed by atoms with E-state index in [1.807, 2.05) is 32.0 Å². The summed E-state index contributed by atoms with van der Waals surface area (Å²) < 4.78 is 23.6. The maximum Gasteiger partial charge on any atom is 0.252 e. The predicted octanol–water partition coefficient (Wildman–Crippen LogP) is 2.64. The first kappa shape index (κ1) is 21.3. The molecule has 1 aliphatic heterocycles. The van der Waals surface area contributed by atoms with E-state index in [0.29, 0.717) is 5.56 Å². The zero-order valence-electron chi connectivity index (χ0n) is 17.5. The lowest BCUT2D eigenvalue weighted by molar-refractivity contribution is 0.0939. The zero-order valence-corrected chi connectivity index (χ0v) is 18.3. The summed E-state index contributed by atoms with van der Waals surface area (Å²) in [6, 6.07) is 12.4. The Balaban J connectivity index is 1.77. The van der Waals surface area contributed by atoms with Crippen molar-refractivity contribution in [1.29, 1.82) is 0 Å². The van der Waals surface area contributed by atoms with E-state index in [1.165, 1.54) is 6.26 Å². The summed E-state index contributed by atoms with van der Waals surface area (Å²) in [6.45, 7) is 7.67. The second-order valence-corrected chi connectivity index (χ2v) is 9.85. The van der Waals surface area contributed by atoms with Crippen molar-refractivity contribution in [2.24, 2.45) is 0 Å². The normalized spacial score (nSPS) is 16.5. The zero-order chi connectivity index (χ0) is 21.2. The van der Waals surface area contributed by atoms with Gasteiger partial charge >= 0.3 is 0 Å². The molecular weight excluding hydrogens is 386 g/mol. The van der Waals surface area contributed by atoms with Gasteiger partial charge in [-0.1, -0.05) is 18.2 Å². The van der Waals surface area contributed by atoms with Gasteiger partial charge in [0.2, 0.25) is 0 Å². The highest BCUT2D eigenvalue weighted by Crippen LogP contribution is 2.22. The average Bonchev–Trinajstić information content (AvgIpc) is 2.68. The number of hydrogen-bond acceptors (Lipinski definition) is 5. The van der Waals surface area contributed by atoms with Gasteiger partial charge in [-0.15, -0.1) is 0 Å². The van der Waals surface area contributed by atoms with E-state index in [9.17, 15) is 13.2 Å². The number of aryl methyl sites for hydroxylation is 1. The first-order valence-electron chi connectivity index (χ1n) is 9.80. The Kier molecular flexibility index (Phi) is 6.29. The van der Waals surface area contributed by atoms with Gasteiger partial charge in [0.15, 0.2) is 9.84 Å². The third-order valence-corrected chi connectivity index (χ3v) is 6.58. The van der Waals surface area contributed by atoms with Crippen LogP contribution in [0.3, 0.4) is 0 Å². The number of carbonyl (C=O) groups is 1. The number of rotatable bonds is 5. The molecule has 1 fully saturated rings. The number of amides is 1. The van der Waals surface area contributed by atoms with Crippen molar-refractivity contribution >= 4 is 21.4 Å². The molecule has 0 aliphatic carbocycles. The molecule has 2 aromatic carbocycles. The van der Waals surface area contributed by atoms with Gasteiger partial charge in [-0.25, -0.2) is 8.42 Å². The van der Waals surface area contributed by atoms with Crippen LogP contribution in [-0.4, -0.2) is 58.7 Å². The largest absolute Gasteiger partial charge is 0.369 e. The maximum absolute atomic E-state index is 13.0. The van der Waals surface area contributed by atoms with Gasteiger partial charge in [-0.05, 0) is 56.3 Å². The average molecular weight is 416 g/mol. The maximum atomic E-state index is 13.0. The summed E-state index contributed by atoms with van der Waals surface area (Å²) in [6.07, 6.45) is 1.18. The highest BCUT2D eigenvalue weighted by atomic mass is 32.2. The minimum atomic E-state index is -3.29. The molecule has 29 heavy (non-hydrogen) atoms. The molecule has 3 rings (SSSR count). The lowest BCUT2D eigenvalue weighted by Gasteiger charge is -2.34. The third kappa shape index (κ3) is 5.16. The Labute approximate surface area is 173 Å². The summed E-state index contributed by atoms with van der Waals surface area (Å²) >= 11 is 0. The quantitative estimate of drug-likeness (QED) is 0.813. The molecule has 0 saturated carbocycles. The van der Waals surface area contributed by atoms with Gasteiger partial charge in [0.1, 0.15) is 0 Å². The highest BCUT2D eigenvalue weighted by Gasteiger charge is 2.19. The summed E-state index contributed by atoms with van der Waals surface area (Å²) in [4.78, 5) is 17.8. The SMILES string of the molecule is Cc1ccc(N2CCN(C)CC2)cc1C(=O)N[C@H](C)c1cccc(S(C)(=O)=O)c1. The number of nitrogens with zero attached hydrogens (tertiary/aromatic N) is 2. The molecule has 0 radical (unpaired) electrons. The van der Waals surface area contributed by atoms with Crippen molar-refractivity contribution in [3.8, 4) is 0 Å². The molecule has 156 valence electrons. The first-order valence-corrected chi connectivity index (χ1v) is 11.7. The molecule has 1 aliphatic rings. The minimum Gasteiger partial charge on any atom is -0.369 e. The smallest absolute Gasteiger partial charge is 0.252 e. The second-order valence-electron chi connectivity index (χ2n) is 7.83. The molecule has 1 atom stereocenters. The molecule has 1 heterocycles. The van der Waals surface area contributed by atoms with Crippen molar-refractivity contribution in [3.05, 3.63) is 59.2 Å². The fraction of sp³-hybridized carbons (Fsp3) is 0.409. The van der Waals surface area contributed by atoms with Gasteiger partial charge in [-0.3, -0.25) is 4.79 Å². The Morgan fingerprint density at radius 1 is 1.07 bits per heavy atom. The molecule has 1 amide bonds. The van der Waals surface area contributed by atoms with Crippen LogP contribution in [0.15, 0.2) is 47.4 Å². The number of piperazine rings is 1. The third-order valence-electron chi connectivity index (χ3n) is 5.47. The van der Waals surface area contributed by atoms with Crippen LogP contribution in [0.4, 0.5) is 5.69 Å². The van der Waals surface area contributed by atoms with E-state index in [0.717, 1.165) is 43.0 Å². The number of likely N-dealkylation sites (N-methyl/N-ethyl adjacent to an activating group) is 1. The topological polar surface area (TPSA) is 69.7 Å². The number of anilines is 1. The van der Waals surface area contributed by atoms with Crippen LogP contribution in [0.25, 0.3) is 0 Å². The van der Waals surface area contributed by atoms with E-state index >= 15 is 0 Å². The van der Waals surface area contributed by atoms with Crippen LogP contribution >= 0.6 is 0 Å². The van der Waals surface area contributed by atoms with E-state index < -0.39 is 9.84 Å². The van der Waals surface area contributed by atoms with Crippen LogP contribution in [0.5, 0.6) is 0 Å². The summed E-state index contributed by atoms with van der Waals surface area (Å²) in [5, 5.41) is 3.01. The fourth-order valence-electron chi connectivity index (χ4n) is 3.49. The van der Waals surface area contributed by atoms with E-state index in [2.05, 4.69) is 28.2 Å². The van der Waals surface area contributed by atoms with Crippen molar-refractivity contribution in [1.82, 2.24) is 10.2 Å². The van der Waals surface area contributed by atoms with Gasteiger partial charge in [-0.2, -0.15) is 0 Å². The monoisotopic (exact) mass is 415 g/mol. The molecule has 0 spiro atoms. The standard InChI is InChI=1S/C22H29N3O3S/c1-16-8-9-19(25-12-10-24(3)11-13-25)15-21(16)22(26)23-17(2)18-6-5-7-20(14-18)29(4,27)28/h5-9,14-15,17H,10-13H2,1-4H3,(H,23,26)/t17-/m1/s1. The van der Waals surface area contributed by atoms with Crippen LogP contribution in [0, 0.1) is 6.92 Å². The predicted molar refractivity (Wildman–Crippen MR) is 116 cm³/mol. The van der Waals surface area contributed by atoms with Crippen LogP contribution < -0.4 is 10.2 Å². The van der Waals surface area contributed by atoms with Crippen LogP contribution in [-0.2, 0) is 9.84 Å². The number of benzene rings is 2. The number of carbonyl (C=O) groups excluding carboxylic acids is 1. The van der Waals surface area contributed by atoms with Gasteiger partial charge in [0, 0.05) is 43.7 Å². The lowest BCUT2D eigenvalue weighted by Crippen LogP contribution is -2.44. The Bertz CT molecular complexity index is 996. The van der Waals surface area contributed by atoms with Gasteiger partial charge in [0.05, 0.1) is 10.9 Å².